The van der Waals surface area contributed by atoms with Crippen LogP contribution < -0.4 is 5.73 Å². The van der Waals surface area contributed by atoms with Crippen LogP contribution in [0.1, 0.15) is 20.3 Å². The van der Waals surface area contributed by atoms with E-state index in [-0.39, 0.29) is 0 Å². The monoisotopic (exact) mass is 307 g/mol. The molecule has 2 rings (SSSR count). The molecule has 8 nitrogen and oxygen atoms in total. The zero-order valence-corrected chi connectivity index (χ0v) is 12.8. The highest BCUT2D eigenvalue weighted by Crippen LogP contribution is 2.29. The minimum absolute atomic E-state index is 0.302. The number of urea groups is 1. The second-order valence-corrected chi connectivity index (χ2v) is 4.96. The number of amidine groups is 1. The molecule has 8 heteroatoms. The Labute approximate surface area is 127 Å². The van der Waals surface area contributed by atoms with Gasteiger partial charge in [0.05, 0.1) is 13.7 Å². The third-order valence-electron chi connectivity index (χ3n) is 3.56. The van der Waals surface area contributed by atoms with Gasteiger partial charge in [0.2, 0.25) is 0 Å². The lowest BCUT2D eigenvalue weighted by Crippen LogP contribution is -2.56. The minimum atomic E-state index is -0.818. The van der Waals surface area contributed by atoms with Crippen LogP contribution in [0.25, 0.3) is 0 Å². The Kier molecular flexibility index (Phi) is 4.39. The number of hydrogen-bond donors (Lipinski definition) is 1. The molecule has 4 amide bonds. The summed E-state index contributed by atoms with van der Waals surface area (Å²) < 4.78 is 6.88. The molecule has 0 saturated heterocycles. The first-order valence-electron chi connectivity index (χ1n) is 7.06. The number of allylic oxidation sites excluding steroid dienone is 1. The normalized spacial score (nSPS) is 21.4. The lowest BCUT2D eigenvalue weighted by Gasteiger charge is -2.29. The molecule has 0 aromatic carbocycles. The quantitative estimate of drug-likeness (QED) is 0.714. The Morgan fingerprint density at radius 2 is 2.14 bits per heavy atom. The van der Waals surface area contributed by atoms with Crippen LogP contribution in [-0.4, -0.2) is 59.6 Å². The fourth-order valence-electron chi connectivity index (χ4n) is 2.52. The third kappa shape index (κ3) is 2.51. The van der Waals surface area contributed by atoms with Crippen molar-refractivity contribution in [3.8, 4) is 0 Å². The van der Waals surface area contributed by atoms with Gasteiger partial charge in [-0.3, -0.25) is 9.59 Å². The number of ether oxygens (including phenoxy) is 1. The number of hydrogen-bond acceptors (Lipinski definition) is 5. The number of nitrogens with two attached hydrogens (primary N) is 1. The standard InChI is InChI=1S/C14H18N4O4/c1-4-8-6-16-12-10(11(8)22-5-2)13(20)18(7-9(15)19)14(21)17(12)3/h6,10H,4-5,7H2,1-3H3,(H-,15,19)/p+1. The van der Waals surface area contributed by atoms with E-state index in [0.717, 1.165) is 10.5 Å². The Morgan fingerprint density at radius 3 is 2.68 bits per heavy atom. The number of aliphatic imine (C=N–C) groups is 1. The Morgan fingerprint density at radius 1 is 1.45 bits per heavy atom. The van der Waals surface area contributed by atoms with Gasteiger partial charge in [-0.25, -0.2) is 4.79 Å². The maximum Gasteiger partial charge on any atom is 0.446 e. The molecule has 1 unspecified atom stereocenters. The number of primary amides is 1. The second-order valence-electron chi connectivity index (χ2n) is 4.96. The van der Waals surface area contributed by atoms with Crippen LogP contribution in [-0.2, 0) is 14.3 Å². The van der Waals surface area contributed by atoms with E-state index < -0.39 is 30.3 Å². The molecule has 1 atom stereocenters. The summed E-state index contributed by atoms with van der Waals surface area (Å²) in [5.41, 5.74) is 5.92. The number of imide groups is 1. The second kappa shape index (κ2) is 6.08. The van der Waals surface area contributed by atoms with Crippen molar-refractivity contribution in [3.05, 3.63) is 11.3 Å². The van der Waals surface area contributed by atoms with Gasteiger partial charge < -0.3 is 10.5 Å². The highest BCUT2D eigenvalue weighted by molar-refractivity contribution is 6.16. The van der Waals surface area contributed by atoms with E-state index in [1.807, 2.05) is 13.8 Å². The van der Waals surface area contributed by atoms with Crippen LogP contribution in [0.5, 0.6) is 0 Å². The number of dihydropyridines is 1. The molecule has 2 aliphatic rings. The molecule has 0 fully saturated rings. The summed E-state index contributed by atoms with van der Waals surface area (Å²) in [4.78, 5) is 41.1. The van der Waals surface area contributed by atoms with Crippen molar-refractivity contribution in [2.45, 2.75) is 20.3 Å². The van der Waals surface area contributed by atoms with Gasteiger partial charge in [0.25, 0.3) is 11.7 Å². The van der Waals surface area contributed by atoms with E-state index in [4.69, 9.17) is 10.5 Å². The van der Waals surface area contributed by atoms with Gasteiger partial charge in [-0.2, -0.15) is 9.48 Å². The lowest BCUT2D eigenvalue weighted by molar-refractivity contribution is -0.408. The predicted octanol–water partition coefficient (Wildman–Crippen LogP) is -0.124. The molecule has 118 valence electrons. The number of nitrogens with zero attached hydrogens (tertiary/aromatic N) is 3. The van der Waals surface area contributed by atoms with E-state index in [2.05, 4.69) is 4.99 Å². The summed E-state index contributed by atoms with van der Waals surface area (Å²) in [6.45, 7) is 3.66. The van der Waals surface area contributed by atoms with Crippen molar-refractivity contribution < 1.29 is 23.7 Å². The fraction of sp³-hybridized carbons (Fsp3) is 0.500. The molecular formula is C14H19N4O4+. The number of carbonyl (C=O) groups is 3. The third-order valence-corrected chi connectivity index (χ3v) is 3.56. The average molecular weight is 307 g/mol. The average Bonchev–Trinajstić information content (AvgIpc) is 2.49. The molecule has 2 aliphatic heterocycles. The summed E-state index contributed by atoms with van der Waals surface area (Å²) in [6.07, 6.45) is 2.25. The summed E-state index contributed by atoms with van der Waals surface area (Å²) in [5.74, 6) is -1.33. The number of amides is 4. The molecule has 0 saturated carbocycles. The molecule has 0 radical (unpaired) electrons. The van der Waals surface area contributed by atoms with Crippen LogP contribution in [0, 0.1) is 5.92 Å². The fourth-order valence-corrected chi connectivity index (χ4v) is 2.52. The van der Waals surface area contributed by atoms with Gasteiger partial charge in [0.1, 0.15) is 12.0 Å². The summed E-state index contributed by atoms with van der Waals surface area (Å²) in [6, 6.07) is -0.622. The SMILES string of the molecule is CCOC1=C(CC)C=NC2=[N+](C)C(=O)N(CC(N)=O)C(=O)C12. The maximum atomic E-state index is 12.7. The first-order valence-corrected chi connectivity index (χ1v) is 7.06. The topological polar surface area (TPSA) is 105 Å². The molecule has 2 N–H and O–H groups in total. The Hall–Kier alpha value is -2.51. The minimum Gasteiger partial charge on any atom is -0.496 e. The largest absolute Gasteiger partial charge is 0.496 e. The molecular weight excluding hydrogens is 288 g/mol. The molecule has 0 aromatic rings. The zero-order chi connectivity index (χ0) is 16.4. The van der Waals surface area contributed by atoms with Crippen molar-refractivity contribution in [1.29, 1.82) is 0 Å². The number of fused-ring (bicyclic) bond motifs is 1. The van der Waals surface area contributed by atoms with Crippen LogP contribution in [0.2, 0.25) is 0 Å². The zero-order valence-electron chi connectivity index (χ0n) is 12.8. The smallest absolute Gasteiger partial charge is 0.446 e. The van der Waals surface area contributed by atoms with Crippen LogP contribution in [0.15, 0.2) is 16.3 Å². The van der Waals surface area contributed by atoms with Crippen molar-refractivity contribution >= 4 is 29.9 Å². The summed E-state index contributed by atoms with van der Waals surface area (Å²) in [5, 5.41) is 0. The van der Waals surface area contributed by atoms with E-state index in [0.29, 0.717) is 24.6 Å². The van der Waals surface area contributed by atoms with Gasteiger partial charge in [0.15, 0.2) is 12.5 Å². The Bertz CT molecular complexity index is 633. The van der Waals surface area contributed by atoms with Gasteiger partial charge in [0, 0.05) is 5.57 Å². The van der Waals surface area contributed by atoms with E-state index in [1.54, 1.807) is 6.21 Å². The van der Waals surface area contributed by atoms with Gasteiger partial charge in [-0.15, -0.1) is 4.99 Å². The van der Waals surface area contributed by atoms with Crippen molar-refractivity contribution in [3.63, 3.8) is 0 Å². The van der Waals surface area contributed by atoms with Gasteiger partial charge in [-0.1, -0.05) is 6.92 Å². The van der Waals surface area contributed by atoms with Gasteiger partial charge in [-0.05, 0) is 13.3 Å². The predicted molar refractivity (Wildman–Crippen MR) is 78.4 cm³/mol. The van der Waals surface area contributed by atoms with Crippen LogP contribution in [0.3, 0.4) is 0 Å². The highest BCUT2D eigenvalue weighted by Gasteiger charge is 2.50. The van der Waals surface area contributed by atoms with Crippen LogP contribution in [0.4, 0.5) is 4.79 Å². The highest BCUT2D eigenvalue weighted by atomic mass is 16.5. The van der Waals surface area contributed by atoms with E-state index in [1.165, 1.54) is 11.6 Å². The van der Waals surface area contributed by atoms with Crippen molar-refractivity contribution in [2.75, 3.05) is 20.2 Å². The van der Waals surface area contributed by atoms with Crippen molar-refractivity contribution in [1.82, 2.24) is 4.90 Å². The molecule has 0 bridgehead atoms. The summed E-state index contributed by atoms with van der Waals surface area (Å²) >= 11 is 0. The molecule has 0 aliphatic carbocycles. The van der Waals surface area contributed by atoms with E-state index in [9.17, 15) is 14.4 Å². The van der Waals surface area contributed by atoms with Crippen LogP contribution >= 0.6 is 0 Å². The molecule has 0 aromatic heterocycles. The van der Waals surface area contributed by atoms with Crippen molar-refractivity contribution in [2.24, 2.45) is 16.6 Å². The molecule has 22 heavy (non-hydrogen) atoms. The van der Waals surface area contributed by atoms with E-state index >= 15 is 0 Å². The Balaban J connectivity index is 2.55. The maximum absolute atomic E-state index is 12.7. The van der Waals surface area contributed by atoms with Gasteiger partial charge >= 0.3 is 11.9 Å². The first kappa shape index (κ1) is 15.9. The lowest BCUT2D eigenvalue weighted by atomic mass is 9.94. The molecule has 2 heterocycles. The summed E-state index contributed by atoms with van der Waals surface area (Å²) in [7, 11) is 1.50. The number of rotatable bonds is 5. The first-order chi connectivity index (χ1) is 10.4. The number of carbonyl (C=O) groups excluding carboxylic acids is 3. The molecule has 0 spiro atoms.